The van der Waals surface area contributed by atoms with Crippen LogP contribution in [-0.2, 0) is 0 Å². The van der Waals surface area contributed by atoms with E-state index in [0.29, 0.717) is 16.1 Å². The Kier molecular flexibility index (Phi) is 4.89. The molecule has 0 amide bonds. The molecule has 33 heavy (non-hydrogen) atoms. The number of hydrogen-bond donors (Lipinski definition) is 1. The van der Waals surface area contributed by atoms with Crippen molar-refractivity contribution in [1.82, 2.24) is 14.8 Å². The summed E-state index contributed by atoms with van der Waals surface area (Å²) in [5.41, 5.74) is 4.60. The molecule has 0 radical (unpaired) electrons. The van der Waals surface area contributed by atoms with Gasteiger partial charge in [-0.1, -0.05) is 65.8 Å². The van der Waals surface area contributed by atoms with E-state index in [-0.39, 0.29) is 18.0 Å². The fourth-order valence-electron chi connectivity index (χ4n) is 4.44. The van der Waals surface area contributed by atoms with E-state index in [1.165, 1.54) is 23.9 Å². The highest BCUT2D eigenvalue weighted by Gasteiger charge is 2.41. The molecule has 5 nitrogen and oxygen atoms in total. The van der Waals surface area contributed by atoms with Crippen LogP contribution in [0.25, 0.3) is 5.70 Å². The second-order valence-corrected chi connectivity index (χ2v) is 9.03. The van der Waals surface area contributed by atoms with Crippen LogP contribution in [0.5, 0.6) is 5.75 Å². The average Bonchev–Trinajstić information content (AvgIpc) is 3.26. The lowest BCUT2D eigenvalue weighted by Crippen LogP contribution is -2.32. The Bertz CT molecular complexity index is 1390. The van der Waals surface area contributed by atoms with Gasteiger partial charge in [0.05, 0.1) is 5.70 Å². The van der Waals surface area contributed by atoms with Crippen molar-refractivity contribution < 1.29 is 9.13 Å². The van der Waals surface area contributed by atoms with Crippen LogP contribution < -0.4 is 10.1 Å². The summed E-state index contributed by atoms with van der Waals surface area (Å²) in [5.74, 6) is 1.06. The van der Waals surface area contributed by atoms with E-state index in [4.69, 9.17) is 21.4 Å². The van der Waals surface area contributed by atoms with E-state index >= 15 is 0 Å². The first-order valence-corrected chi connectivity index (χ1v) is 12.0. The SMILES string of the molecule is CSc1nc2n(n1)[C@H](c1ccc(F)cc1)C1=C(N2)c2cc(Cl)ccc2O[C@H]1c1ccccc1. The van der Waals surface area contributed by atoms with Gasteiger partial charge in [0, 0.05) is 16.2 Å². The van der Waals surface area contributed by atoms with Crippen LogP contribution in [0, 0.1) is 5.82 Å². The summed E-state index contributed by atoms with van der Waals surface area (Å²) in [6.07, 6.45) is 1.56. The molecule has 8 heteroatoms. The molecule has 0 bridgehead atoms. The molecule has 2 atom stereocenters. The Hall–Kier alpha value is -3.29. The average molecular weight is 477 g/mol. The quantitative estimate of drug-likeness (QED) is 0.349. The third kappa shape index (κ3) is 3.39. The van der Waals surface area contributed by atoms with E-state index in [1.54, 1.807) is 12.1 Å². The zero-order valence-electron chi connectivity index (χ0n) is 17.5. The molecule has 1 N–H and O–H groups in total. The first-order chi connectivity index (χ1) is 16.1. The second kappa shape index (κ2) is 7.93. The van der Waals surface area contributed by atoms with Crippen LogP contribution in [0.3, 0.4) is 0 Å². The summed E-state index contributed by atoms with van der Waals surface area (Å²) in [7, 11) is 0. The summed E-state index contributed by atoms with van der Waals surface area (Å²) >= 11 is 7.84. The summed E-state index contributed by atoms with van der Waals surface area (Å²) in [5, 5.41) is 9.49. The van der Waals surface area contributed by atoms with E-state index in [2.05, 4.69) is 10.3 Å². The van der Waals surface area contributed by atoms with Gasteiger partial charge in [0.25, 0.3) is 0 Å². The van der Waals surface area contributed by atoms with Crippen molar-refractivity contribution >= 4 is 35.0 Å². The highest BCUT2D eigenvalue weighted by molar-refractivity contribution is 7.98. The number of ether oxygens (including phenoxy) is 1. The summed E-state index contributed by atoms with van der Waals surface area (Å²) < 4.78 is 22.2. The van der Waals surface area contributed by atoms with Gasteiger partial charge in [-0.2, -0.15) is 4.98 Å². The summed E-state index contributed by atoms with van der Waals surface area (Å²) in [6, 6.07) is 21.8. The Labute approximate surface area is 199 Å². The van der Waals surface area contributed by atoms with E-state index in [1.807, 2.05) is 59.5 Å². The fourth-order valence-corrected chi connectivity index (χ4v) is 4.96. The van der Waals surface area contributed by atoms with Gasteiger partial charge in [-0.25, -0.2) is 9.07 Å². The normalized spacial score (nSPS) is 18.6. The van der Waals surface area contributed by atoms with Gasteiger partial charge in [0.1, 0.15) is 23.7 Å². The minimum Gasteiger partial charge on any atom is -0.480 e. The molecule has 1 aromatic heterocycles. The number of benzene rings is 3. The number of nitrogens with one attached hydrogen (secondary N) is 1. The molecule has 164 valence electrons. The minimum atomic E-state index is -0.382. The molecular formula is C25H18ClFN4OS. The van der Waals surface area contributed by atoms with Crippen molar-refractivity contribution in [3.63, 3.8) is 0 Å². The van der Waals surface area contributed by atoms with Crippen LogP contribution in [0.4, 0.5) is 10.3 Å². The van der Waals surface area contributed by atoms with Crippen LogP contribution >= 0.6 is 23.4 Å². The predicted molar refractivity (Wildman–Crippen MR) is 128 cm³/mol. The van der Waals surface area contributed by atoms with E-state index in [9.17, 15) is 4.39 Å². The molecule has 4 aromatic rings. The number of hydrogen-bond acceptors (Lipinski definition) is 5. The lowest BCUT2D eigenvalue weighted by Gasteiger charge is -2.39. The highest BCUT2D eigenvalue weighted by atomic mass is 35.5. The third-order valence-electron chi connectivity index (χ3n) is 5.89. The molecule has 0 aliphatic carbocycles. The van der Waals surface area contributed by atoms with Crippen LogP contribution in [0.1, 0.15) is 28.8 Å². The fraction of sp³-hybridized carbons (Fsp3) is 0.120. The van der Waals surface area contributed by atoms with Crippen LogP contribution in [0.15, 0.2) is 83.5 Å². The third-order valence-corrected chi connectivity index (χ3v) is 6.66. The van der Waals surface area contributed by atoms with Crippen molar-refractivity contribution in [1.29, 1.82) is 0 Å². The lowest BCUT2D eigenvalue weighted by atomic mass is 9.84. The molecular weight excluding hydrogens is 459 g/mol. The molecule has 3 aromatic carbocycles. The molecule has 0 spiro atoms. The topological polar surface area (TPSA) is 52.0 Å². The number of rotatable bonds is 3. The van der Waals surface area contributed by atoms with Gasteiger partial charge in [0.2, 0.25) is 11.1 Å². The Morgan fingerprint density at radius 3 is 2.58 bits per heavy atom. The Morgan fingerprint density at radius 2 is 1.82 bits per heavy atom. The molecule has 0 saturated heterocycles. The Morgan fingerprint density at radius 1 is 1.03 bits per heavy atom. The smallest absolute Gasteiger partial charge is 0.227 e. The molecule has 0 unspecified atom stereocenters. The number of nitrogens with zero attached hydrogens (tertiary/aromatic N) is 3. The summed E-state index contributed by atoms with van der Waals surface area (Å²) in [4.78, 5) is 4.67. The maximum atomic E-state index is 13.8. The van der Waals surface area contributed by atoms with Crippen molar-refractivity contribution in [3.05, 3.63) is 106 Å². The van der Waals surface area contributed by atoms with Gasteiger partial charge >= 0.3 is 0 Å². The van der Waals surface area contributed by atoms with Crippen molar-refractivity contribution in [3.8, 4) is 5.75 Å². The molecule has 3 heterocycles. The number of halogens is 2. The van der Waals surface area contributed by atoms with Crippen molar-refractivity contribution in [2.24, 2.45) is 0 Å². The van der Waals surface area contributed by atoms with Gasteiger partial charge < -0.3 is 10.1 Å². The van der Waals surface area contributed by atoms with Gasteiger partial charge in [0.15, 0.2) is 0 Å². The lowest BCUT2D eigenvalue weighted by molar-refractivity contribution is 0.223. The largest absolute Gasteiger partial charge is 0.480 e. The predicted octanol–water partition coefficient (Wildman–Crippen LogP) is 6.35. The minimum absolute atomic E-state index is 0.290. The zero-order chi connectivity index (χ0) is 22.5. The summed E-state index contributed by atoms with van der Waals surface area (Å²) in [6.45, 7) is 0. The number of thioether (sulfide) groups is 1. The first kappa shape index (κ1) is 20.3. The maximum Gasteiger partial charge on any atom is 0.227 e. The maximum absolute atomic E-state index is 13.8. The molecule has 2 aliphatic heterocycles. The number of aromatic nitrogens is 3. The first-order valence-electron chi connectivity index (χ1n) is 10.4. The van der Waals surface area contributed by atoms with Gasteiger partial charge in [-0.15, -0.1) is 5.10 Å². The Balaban J connectivity index is 1.64. The monoisotopic (exact) mass is 476 g/mol. The number of fused-ring (bicyclic) bond motifs is 3. The van der Waals surface area contributed by atoms with E-state index < -0.39 is 0 Å². The molecule has 6 rings (SSSR count). The zero-order valence-corrected chi connectivity index (χ0v) is 19.1. The van der Waals surface area contributed by atoms with Crippen LogP contribution in [-0.4, -0.2) is 21.0 Å². The van der Waals surface area contributed by atoms with Gasteiger partial charge in [-0.05, 0) is 47.7 Å². The second-order valence-electron chi connectivity index (χ2n) is 7.83. The molecule has 0 saturated carbocycles. The van der Waals surface area contributed by atoms with Crippen molar-refractivity contribution in [2.45, 2.75) is 17.3 Å². The number of anilines is 1. The highest BCUT2D eigenvalue weighted by Crippen LogP contribution is 2.51. The van der Waals surface area contributed by atoms with E-state index in [0.717, 1.165) is 33.7 Å². The standard InChI is InChI=1S/C25H18ClFN4OS/c1-33-25-29-24-28-21-18-13-16(26)9-12-19(18)32-23(15-5-3-2-4-6-15)20(21)22(31(24)30-25)14-7-10-17(27)11-8-14/h2-13,22-23H,1H3,(H,28,29,30)/t22-,23+/m1/s1. The van der Waals surface area contributed by atoms with Crippen molar-refractivity contribution in [2.75, 3.05) is 11.6 Å². The van der Waals surface area contributed by atoms with Crippen LogP contribution in [0.2, 0.25) is 5.02 Å². The molecule has 2 aliphatic rings. The van der Waals surface area contributed by atoms with Gasteiger partial charge in [-0.3, -0.25) is 0 Å². The molecule has 0 fully saturated rings.